The van der Waals surface area contributed by atoms with Gasteiger partial charge >= 0.3 is 0 Å². The monoisotopic (exact) mass is 153 g/mol. The summed E-state index contributed by atoms with van der Waals surface area (Å²) in [6, 6.07) is 0. The van der Waals surface area contributed by atoms with Gasteiger partial charge in [-0.25, -0.2) is 0 Å². The van der Waals surface area contributed by atoms with Gasteiger partial charge in [0.25, 0.3) is 0 Å². The summed E-state index contributed by atoms with van der Waals surface area (Å²) < 4.78 is 0. The van der Waals surface area contributed by atoms with Crippen LogP contribution in [0.25, 0.3) is 0 Å². The number of allylic oxidation sites excluding steroid dienone is 2. The van der Waals surface area contributed by atoms with E-state index in [0.717, 1.165) is 6.42 Å². The molecule has 0 aromatic heterocycles. The first kappa shape index (κ1) is 10.4. The molecule has 0 aliphatic rings. The molecule has 0 aromatic rings. The minimum Gasteiger partial charge on any atom is -0.313 e. The van der Waals surface area contributed by atoms with Crippen molar-refractivity contribution in [3.05, 3.63) is 11.6 Å². The van der Waals surface area contributed by atoms with Crippen molar-refractivity contribution < 1.29 is 0 Å². The molecule has 0 saturated carbocycles. The predicted octanol–water partition coefficient (Wildman–Crippen LogP) is 3.55. The van der Waals surface area contributed by atoms with E-state index in [4.69, 9.17) is 5.41 Å². The summed E-state index contributed by atoms with van der Waals surface area (Å²) in [5, 5.41) is 6.81. The molecule has 0 fully saturated rings. The van der Waals surface area contributed by atoms with Gasteiger partial charge in [0.15, 0.2) is 0 Å². The molecule has 0 atom stereocenters. The fourth-order valence-corrected chi connectivity index (χ4v) is 0.958. The smallest absolute Gasteiger partial charge is 0.00477 e. The Morgan fingerprint density at radius 1 is 1.09 bits per heavy atom. The summed E-state index contributed by atoms with van der Waals surface area (Å²) in [7, 11) is 0. The van der Waals surface area contributed by atoms with Gasteiger partial charge in [0.05, 0.1) is 0 Å². The van der Waals surface area contributed by atoms with Crippen LogP contribution >= 0.6 is 0 Å². The first-order valence-corrected chi connectivity index (χ1v) is 4.39. The van der Waals surface area contributed by atoms with Gasteiger partial charge in [-0.2, -0.15) is 0 Å². The van der Waals surface area contributed by atoms with Crippen molar-refractivity contribution >= 4 is 6.21 Å². The highest BCUT2D eigenvalue weighted by Gasteiger charge is 1.85. The van der Waals surface area contributed by atoms with E-state index in [2.05, 4.69) is 19.9 Å². The Balaban J connectivity index is 3.02. The first-order valence-electron chi connectivity index (χ1n) is 4.39. The SMILES string of the molecule is CC(C)=CCCCCCC=N. The predicted molar refractivity (Wildman–Crippen MR) is 51.3 cm³/mol. The summed E-state index contributed by atoms with van der Waals surface area (Å²) in [5.74, 6) is 0. The maximum absolute atomic E-state index is 6.81. The maximum Gasteiger partial charge on any atom is -0.00477 e. The van der Waals surface area contributed by atoms with Crippen molar-refractivity contribution in [2.45, 2.75) is 46.0 Å². The van der Waals surface area contributed by atoms with Gasteiger partial charge < -0.3 is 5.41 Å². The average molecular weight is 153 g/mol. The first-order chi connectivity index (χ1) is 5.27. The largest absolute Gasteiger partial charge is 0.313 e. The van der Waals surface area contributed by atoms with Gasteiger partial charge in [0, 0.05) is 0 Å². The molecule has 1 heteroatoms. The molecule has 0 saturated heterocycles. The van der Waals surface area contributed by atoms with E-state index in [1.54, 1.807) is 0 Å². The lowest BCUT2D eigenvalue weighted by Crippen LogP contribution is -1.77. The fraction of sp³-hybridized carbons (Fsp3) is 0.700. The summed E-state index contributed by atoms with van der Waals surface area (Å²) in [6.45, 7) is 4.27. The van der Waals surface area contributed by atoms with Crippen LogP contribution in [0.5, 0.6) is 0 Å². The molecular formula is C10H19N. The van der Waals surface area contributed by atoms with E-state index in [1.165, 1.54) is 37.5 Å². The van der Waals surface area contributed by atoms with Gasteiger partial charge in [0.2, 0.25) is 0 Å². The van der Waals surface area contributed by atoms with Crippen LogP contribution in [0.4, 0.5) is 0 Å². The molecule has 1 nitrogen and oxygen atoms in total. The zero-order valence-corrected chi connectivity index (χ0v) is 7.69. The third-order valence-corrected chi connectivity index (χ3v) is 1.61. The Labute approximate surface area is 70.0 Å². The van der Waals surface area contributed by atoms with Crippen LogP contribution in [0, 0.1) is 5.41 Å². The van der Waals surface area contributed by atoms with Crippen molar-refractivity contribution in [2.75, 3.05) is 0 Å². The summed E-state index contributed by atoms with van der Waals surface area (Å²) in [5.41, 5.74) is 1.41. The molecule has 64 valence electrons. The quantitative estimate of drug-likeness (QED) is 0.343. The van der Waals surface area contributed by atoms with Crippen molar-refractivity contribution in [3.63, 3.8) is 0 Å². The van der Waals surface area contributed by atoms with E-state index in [1.807, 2.05) is 0 Å². The van der Waals surface area contributed by atoms with E-state index < -0.39 is 0 Å². The van der Waals surface area contributed by atoms with Gasteiger partial charge in [-0.3, -0.25) is 0 Å². The van der Waals surface area contributed by atoms with Crippen molar-refractivity contribution in [1.29, 1.82) is 5.41 Å². The van der Waals surface area contributed by atoms with E-state index in [-0.39, 0.29) is 0 Å². The standard InChI is InChI=1S/C10H19N/c1-10(2)8-6-4-3-5-7-9-11/h8-9,11H,3-7H2,1-2H3. The van der Waals surface area contributed by atoms with Crippen LogP contribution < -0.4 is 0 Å². The highest BCUT2D eigenvalue weighted by molar-refractivity contribution is 5.52. The summed E-state index contributed by atoms with van der Waals surface area (Å²) in [4.78, 5) is 0. The Hall–Kier alpha value is -0.590. The number of hydrogen-bond acceptors (Lipinski definition) is 1. The molecule has 0 spiro atoms. The molecule has 11 heavy (non-hydrogen) atoms. The third kappa shape index (κ3) is 9.41. The number of nitrogens with one attached hydrogen (secondary N) is 1. The van der Waals surface area contributed by atoms with E-state index >= 15 is 0 Å². The van der Waals surface area contributed by atoms with Crippen LogP contribution in [0.2, 0.25) is 0 Å². The van der Waals surface area contributed by atoms with E-state index in [0.29, 0.717) is 0 Å². The molecule has 0 radical (unpaired) electrons. The lowest BCUT2D eigenvalue weighted by molar-refractivity contribution is 0.707. The molecule has 0 bridgehead atoms. The molecule has 0 aliphatic carbocycles. The van der Waals surface area contributed by atoms with Crippen LogP contribution in [-0.4, -0.2) is 6.21 Å². The Kier molecular flexibility index (Phi) is 7.11. The molecule has 0 aliphatic heterocycles. The minimum atomic E-state index is 0.953. The zero-order valence-electron chi connectivity index (χ0n) is 7.69. The maximum atomic E-state index is 6.81. The Morgan fingerprint density at radius 3 is 2.27 bits per heavy atom. The van der Waals surface area contributed by atoms with Crippen LogP contribution in [0.15, 0.2) is 11.6 Å². The van der Waals surface area contributed by atoms with Crippen LogP contribution in [-0.2, 0) is 0 Å². The second-order valence-electron chi connectivity index (χ2n) is 3.12. The molecule has 0 aromatic carbocycles. The average Bonchev–Trinajstić information content (AvgIpc) is 1.96. The van der Waals surface area contributed by atoms with Gasteiger partial charge in [-0.15, -0.1) is 0 Å². The number of hydrogen-bond donors (Lipinski definition) is 1. The lowest BCUT2D eigenvalue weighted by Gasteiger charge is -1.94. The third-order valence-electron chi connectivity index (χ3n) is 1.61. The van der Waals surface area contributed by atoms with Crippen molar-refractivity contribution in [1.82, 2.24) is 0 Å². The highest BCUT2D eigenvalue weighted by Crippen LogP contribution is 2.04. The zero-order chi connectivity index (χ0) is 8.53. The number of unbranched alkanes of at least 4 members (excludes halogenated alkanes) is 4. The van der Waals surface area contributed by atoms with Crippen LogP contribution in [0.1, 0.15) is 46.0 Å². The van der Waals surface area contributed by atoms with E-state index in [9.17, 15) is 0 Å². The summed E-state index contributed by atoms with van der Waals surface area (Å²) >= 11 is 0. The van der Waals surface area contributed by atoms with Gasteiger partial charge in [0.1, 0.15) is 0 Å². The van der Waals surface area contributed by atoms with Crippen molar-refractivity contribution in [3.8, 4) is 0 Å². The Morgan fingerprint density at radius 2 is 1.73 bits per heavy atom. The second kappa shape index (κ2) is 7.52. The Bertz CT molecular complexity index is 121. The number of rotatable bonds is 6. The van der Waals surface area contributed by atoms with Gasteiger partial charge in [-0.05, 0) is 45.7 Å². The minimum absolute atomic E-state index is 0.953. The normalized spacial score (nSPS) is 9.27. The molecule has 0 unspecified atom stereocenters. The summed E-state index contributed by atoms with van der Waals surface area (Å²) in [6.07, 6.45) is 9.67. The lowest BCUT2D eigenvalue weighted by atomic mass is 10.1. The molecule has 1 N–H and O–H groups in total. The second-order valence-corrected chi connectivity index (χ2v) is 3.12. The van der Waals surface area contributed by atoms with Crippen LogP contribution in [0.3, 0.4) is 0 Å². The molecular weight excluding hydrogens is 134 g/mol. The fourth-order valence-electron chi connectivity index (χ4n) is 0.958. The topological polar surface area (TPSA) is 23.9 Å². The highest BCUT2D eigenvalue weighted by atomic mass is 14.3. The van der Waals surface area contributed by atoms with Crippen molar-refractivity contribution in [2.24, 2.45) is 0 Å². The van der Waals surface area contributed by atoms with Gasteiger partial charge in [-0.1, -0.05) is 18.1 Å². The molecule has 0 rings (SSSR count). The molecule has 0 amide bonds. The molecule has 0 heterocycles.